The highest BCUT2D eigenvalue weighted by molar-refractivity contribution is 9.10. The van der Waals surface area contributed by atoms with Crippen molar-refractivity contribution in [2.24, 2.45) is 0 Å². The molecule has 0 radical (unpaired) electrons. The average molecular weight is 613 g/mol. The zero-order valence-electron chi connectivity index (χ0n) is 19.5. The molecule has 0 unspecified atom stereocenters. The van der Waals surface area contributed by atoms with Gasteiger partial charge in [-0.2, -0.15) is 0 Å². The number of benzene rings is 3. The third kappa shape index (κ3) is 6.79. The van der Waals surface area contributed by atoms with Crippen molar-refractivity contribution in [1.29, 1.82) is 0 Å². The van der Waals surface area contributed by atoms with Gasteiger partial charge in [0.25, 0.3) is 10.0 Å². The highest BCUT2D eigenvalue weighted by atomic mass is 79.9. The zero-order valence-corrected chi connectivity index (χ0v) is 23.4. The zero-order chi connectivity index (χ0) is 26.5. The lowest BCUT2D eigenvalue weighted by Gasteiger charge is -2.32. The Balaban J connectivity index is 2.05. The van der Waals surface area contributed by atoms with E-state index in [1.165, 1.54) is 42.3 Å². The topological polar surface area (TPSA) is 86.8 Å². The summed E-state index contributed by atoms with van der Waals surface area (Å²) in [5, 5.41) is 2.97. The lowest BCUT2D eigenvalue weighted by atomic mass is 10.1. The van der Waals surface area contributed by atoms with Gasteiger partial charge in [0.05, 0.1) is 10.6 Å². The summed E-state index contributed by atoms with van der Waals surface area (Å²) < 4.78 is 29.1. The first-order valence-corrected chi connectivity index (χ1v) is 13.8. The van der Waals surface area contributed by atoms with Crippen molar-refractivity contribution in [2.75, 3.05) is 17.9 Å². The van der Waals surface area contributed by atoms with Crippen molar-refractivity contribution in [3.63, 3.8) is 0 Å². The number of hydrogen-bond donors (Lipinski definition) is 1. The van der Waals surface area contributed by atoms with Gasteiger partial charge in [0.1, 0.15) is 12.6 Å². The second-order valence-electron chi connectivity index (χ2n) is 7.89. The van der Waals surface area contributed by atoms with Crippen LogP contribution in [0.5, 0.6) is 0 Å². The molecular weight excluding hydrogens is 589 g/mol. The molecule has 0 aliphatic rings. The first-order valence-electron chi connectivity index (χ1n) is 10.8. The maximum atomic E-state index is 13.7. The quantitative estimate of drug-likeness (QED) is 0.364. The number of rotatable bonds is 9. The second-order valence-corrected chi connectivity index (χ2v) is 11.5. The molecule has 7 nitrogen and oxygen atoms in total. The number of carbonyl (C=O) groups excluding carboxylic acids is 2. The number of likely N-dealkylation sites (N-methyl/N-ethyl adjacent to an activating group) is 1. The monoisotopic (exact) mass is 611 g/mol. The summed E-state index contributed by atoms with van der Waals surface area (Å²) >= 11 is 15.7. The fourth-order valence-electron chi connectivity index (χ4n) is 3.51. The van der Waals surface area contributed by atoms with Crippen LogP contribution in [0.15, 0.2) is 82.2 Å². The molecule has 0 aliphatic heterocycles. The number of hydrogen-bond acceptors (Lipinski definition) is 4. The second kappa shape index (κ2) is 12.1. The van der Waals surface area contributed by atoms with Gasteiger partial charge in [0, 0.05) is 28.1 Å². The lowest BCUT2D eigenvalue weighted by Crippen LogP contribution is -2.50. The Labute approximate surface area is 229 Å². The maximum Gasteiger partial charge on any atom is 0.264 e. The molecule has 0 spiro atoms. The predicted molar refractivity (Wildman–Crippen MR) is 146 cm³/mol. The number of anilines is 1. The molecule has 1 atom stereocenters. The number of amides is 2. The van der Waals surface area contributed by atoms with Crippen LogP contribution in [-0.4, -0.2) is 44.8 Å². The third-order valence-electron chi connectivity index (χ3n) is 5.43. The van der Waals surface area contributed by atoms with E-state index >= 15 is 0 Å². The summed E-state index contributed by atoms with van der Waals surface area (Å²) in [7, 11) is -2.71. The van der Waals surface area contributed by atoms with E-state index in [0.29, 0.717) is 0 Å². The van der Waals surface area contributed by atoms with Crippen molar-refractivity contribution in [2.45, 2.75) is 24.4 Å². The van der Waals surface area contributed by atoms with Gasteiger partial charge < -0.3 is 10.2 Å². The summed E-state index contributed by atoms with van der Waals surface area (Å²) in [6, 6.07) is 18.5. The van der Waals surface area contributed by atoms with Crippen molar-refractivity contribution >= 4 is 66.7 Å². The Bertz CT molecular complexity index is 1320. The fourth-order valence-corrected chi connectivity index (χ4v) is 5.71. The normalized spacial score (nSPS) is 12.0. The van der Waals surface area contributed by atoms with Crippen LogP contribution in [-0.2, 0) is 26.2 Å². The molecule has 0 heterocycles. The van der Waals surface area contributed by atoms with Crippen LogP contribution in [0.4, 0.5) is 5.69 Å². The highest BCUT2D eigenvalue weighted by Crippen LogP contribution is 2.30. The van der Waals surface area contributed by atoms with Crippen LogP contribution in [0, 0.1) is 0 Å². The Morgan fingerprint density at radius 2 is 1.56 bits per heavy atom. The van der Waals surface area contributed by atoms with E-state index < -0.39 is 28.5 Å². The minimum Gasteiger partial charge on any atom is -0.357 e. The molecule has 0 saturated carbocycles. The van der Waals surface area contributed by atoms with E-state index in [1.807, 2.05) is 24.3 Å². The van der Waals surface area contributed by atoms with Gasteiger partial charge in [0.2, 0.25) is 11.8 Å². The van der Waals surface area contributed by atoms with Crippen molar-refractivity contribution in [1.82, 2.24) is 10.2 Å². The van der Waals surface area contributed by atoms with Gasteiger partial charge in [-0.3, -0.25) is 13.9 Å². The number of halogens is 3. The summed E-state index contributed by atoms with van der Waals surface area (Å²) in [5.74, 6) is -0.964. The molecule has 36 heavy (non-hydrogen) atoms. The Morgan fingerprint density at radius 1 is 0.972 bits per heavy atom. The van der Waals surface area contributed by atoms with E-state index in [4.69, 9.17) is 23.2 Å². The van der Waals surface area contributed by atoms with Crippen molar-refractivity contribution in [3.8, 4) is 0 Å². The van der Waals surface area contributed by atoms with Crippen molar-refractivity contribution in [3.05, 3.63) is 92.9 Å². The van der Waals surface area contributed by atoms with Gasteiger partial charge in [-0.05, 0) is 55.0 Å². The SMILES string of the molecule is CNC(=O)[C@@H](C)N(Cc1ccc(Br)cc1)C(=O)CN(c1cc(Cl)cc(Cl)c1)S(=O)(=O)c1ccccc1. The Hall–Kier alpha value is -2.59. The molecular formula is C25H24BrCl2N3O4S. The maximum absolute atomic E-state index is 13.7. The van der Waals surface area contributed by atoms with Crippen LogP contribution in [0.2, 0.25) is 10.0 Å². The number of sulfonamides is 1. The molecule has 3 rings (SSSR count). The molecule has 0 bridgehead atoms. The molecule has 0 saturated heterocycles. The average Bonchev–Trinajstić information content (AvgIpc) is 2.85. The molecule has 1 N–H and O–H groups in total. The van der Waals surface area contributed by atoms with Crippen LogP contribution in [0.25, 0.3) is 0 Å². The number of nitrogens with one attached hydrogen (secondary N) is 1. The molecule has 0 aliphatic carbocycles. The van der Waals surface area contributed by atoms with Gasteiger partial charge >= 0.3 is 0 Å². The lowest BCUT2D eigenvalue weighted by molar-refractivity contribution is -0.139. The predicted octanol–water partition coefficient (Wildman–Crippen LogP) is 5.11. The molecule has 0 aromatic heterocycles. The van der Waals surface area contributed by atoms with E-state index in [-0.39, 0.29) is 33.1 Å². The van der Waals surface area contributed by atoms with Crippen LogP contribution in [0.1, 0.15) is 12.5 Å². The van der Waals surface area contributed by atoms with Gasteiger partial charge in [-0.1, -0.05) is 69.5 Å². The minimum absolute atomic E-state index is 0.00675. The van der Waals surface area contributed by atoms with Gasteiger partial charge in [-0.25, -0.2) is 8.42 Å². The van der Waals surface area contributed by atoms with E-state index in [0.717, 1.165) is 14.3 Å². The minimum atomic E-state index is -4.18. The summed E-state index contributed by atoms with van der Waals surface area (Å²) in [4.78, 5) is 27.5. The van der Waals surface area contributed by atoms with Crippen LogP contribution < -0.4 is 9.62 Å². The summed E-state index contributed by atoms with van der Waals surface area (Å²) in [6.07, 6.45) is 0. The van der Waals surface area contributed by atoms with Gasteiger partial charge in [0.15, 0.2) is 0 Å². The molecule has 2 amide bonds. The summed E-state index contributed by atoms with van der Waals surface area (Å²) in [5.41, 5.74) is 0.895. The molecule has 0 fully saturated rings. The summed E-state index contributed by atoms with van der Waals surface area (Å²) in [6.45, 7) is 1.10. The molecule has 3 aromatic rings. The largest absolute Gasteiger partial charge is 0.357 e. The fraction of sp³-hybridized carbons (Fsp3) is 0.200. The Kier molecular flexibility index (Phi) is 9.41. The smallest absolute Gasteiger partial charge is 0.264 e. The van der Waals surface area contributed by atoms with E-state index in [1.54, 1.807) is 25.1 Å². The van der Waals surface area contributed by atoms with Gasteiger partial charge in [-0.15, -0.1) is 0 Å². The molecule has 11 heteroatoms. The standard InChI is InChI=1S/C25H24BrCl2N3O4S/c1-17(25(33)29-2)30(15-18-8-10-19(26)11-9-18)24(32)16-31(22-13-20(27)12-21(28)14-22)36(34,35)23-6-4-3-5-7-23/h3-14,17H,15-16H2,1-2H3,(H,29,33)/t17-/m1/s1. The van der Waals surface area contributed by atoms with E-state index in [2.05, 4.69) is 21.2 Å². The highest BCUT2D eigenvalue weighted by Gasteiger charge is 2.32. The molecule has 190 valence electrons. The Morgan fingerprint density at radius 3 is 2.11 bits per heavy atom. The van der Waals surface area contributed by atoms with Crippen LogP contribution >= 0.6 is 39.1 Å². The van der Waals surface area contributed by atoms with Crippen LogP contribution in [0.3, 0.4) is 0 Å². The first-order chi connectivity index (χ1) is 17.0. The van der Waals surface area contributed by atoms with E-state index in [9.17, 15) is 18.0 Å². The molecule has 3 aromatic carbocycles. The number of nitrogens with zero attached hydrogens (tertiary/aromatic N) is 2. The number of carbonyl (C=O) groups is 2. The first kappa shape index (κ1) is 28.0. The van der Waals surface area contributed by atoms with Crippen molar-refractivity contribution < 1.29 is 18.0 Å². The third-order valence-corrected chi connectivity index (χ3v) is 8.18.